The summed E-state index contributed by atoms with van der Waals surface area (Å²) in [5.41, 5.74) is 2.56. The first kappa shape index (κ1) is 18.7. The molecular formula is C21H26FN5O. The summed E-state index contributed by atoms with van der Waals surface area (Å²) in [7, 11) is 2.13. The average Bonchev–Trinajstić information content (AvgIpc) is 2.75. The summed E-state index contributed by atoms with van der Waals surface area (Å²) in [4.78, 5) is 25.9. The zero-order valence-corrected chi connectivity index (χ0v) is 16.2. The first-order valence-electron chi connectivity index (χ1n) is 9.79. The molecule has 1 aromatic carbocycles. The number of amides is 1. The number of pyridine rings is 1. The van der Waals surface area contributed by atoms with Gasteiger partial charge in [-0.2, -0.15) is 0 Å². The van der Waals surface area contributed by atoms with Gasteiger partial charge in [-0.15, -0.1) is 0 Å². The third-order valence-electron chi connectivity index (χ3n) is 5.59. The Kier molecular flexibility index (Phi) is 5.43. The predicted molar refractivity (Wildman–Crippen MR) is 108 cm³/mol. The zero-order chi connectivity index (χ0) is 19.5. The van der Waals surface area contributed by atoms with E-state index in [4.69, 9.17) is 0 Å². The van der Waals surface area contributed by atoms with Gasteiger partial charge in [0.2, 0.25) is 0 Å². The molecule has 0 spiro atoms. The summed E-state index contributed by atoms with van der Waals surface area (Å²) in [6, 6.07) is 10.3. The van der Waals surface area contributed by atoms with Crippen molar-refractivity contribution in [2.75, 3.05) is 69.2 Å². The Hall–Kier alpha value is -2.67. The van der Waals surface area contributed by atoms with E-state index in [1.165, 1.54) is 12.1 Å². The first-order valence-corrected chi connectivity index (χ1v) is 9.79. The third kappa shape index (κ3) is 4.09. The summed E-state index contributed by atoms with van der Waals surface area (Å²) in [5, 5.41) is 0. The average molecular weight is 383 g/mol. The van der Waals surface area contributed by atoms with Crippen molar-refractivity contribution >= 4 is 17.3 Å². The minimum absolute atomic E-state index is 0.0244. The maximum atomic E-state index is 13.1. The summed E-state index contributed by atoms with van der Waals surface area (Å²) < 4.78 is 13.1. The molecule has 3 heterocycles. The summed E-state index contributed by atoms with van der Waals surface area (Å²) in [6.07, 6.45) is 1.81. The van der Waals surface area contributed by atoms with Crippen LogP contribution in [-0.2, 0) is 0 Å². The molecule has 2 aliphatic heterocycles. The van der Waals surface area contributed by atoms with Crippen LogP contribution in [0.3, 0.4) is 0 Å². The van der Waals surface area contributed by atoms with Crippen LogP contribution in [0.2, 0.25) is 0 Å². The minimum Gasteiger partial charge on any atom is -0.368 e. The van der Waals surface area contributed by atoms with Gasteiger partial charge < -0.3 is 19.6 Å². The number of carbonyl (C=O) groups excluding carboxylic acids is 1. The topological polar surface area (TPSA) is 42.9 Å². The molecule has 7 heteroatoms. The van der Waals surface area contributed by atoms with E-state index < -0.39 is 0 Å². The highest BCUT2D eigenvalue weighted by atomic mass is 19.1. The number of rotatable bonds is 3. The number of benzene rings is 1. The Labute approximate surface area is 165 Å². The van der Waals surface area contributed by atoms with Crippen LogP contribution in [-0.4, -0.2) is 80.1 Å². The SMILES string of the molecule is CN1CCN(c2ccc(C(=O)N3CCN(c4ccc(F)cc4)CC3)nc2)CC1. The molecule has 2 aromatic rings. The molecule has 0 saturated carbocycles. The lowest BCUT2D eigenvalue weighted by Gasteiger charge is -2.36. The molecule has 2 saturated heterocycles. The lowest BCUT2D eigenvalue weighted by Crippen LogP contribution is -2.49. The number of piperazine rings is 2. The fourth-order valence-corrected chi connectivity index (χ4v) is 3.75. The number of halogens is 1. The molecule has 4 rings (SSSR count). The van der Waals surface area contributed by atoms with Gasteiger partial charge >= 0.3 is 0 Å². The number of likely N-dealkylation sites (N-methyl/N-ethyl adjacent to an activating group) is 1. The maximum Gasteiger partial charge on any atom is 0.272 e. The Morgan fingerprint density at radius 3 is 2.00 bits per heavy atom. The lowest BCUT2D eigenvalue weighted by molar-refractivity contribution is 0.0741. The van der Waals surface area contributed by atoms with Crippen molar-refractivity contribution < 1.29 is 9.18 Å². The normalized spacial score (nSPS) is 18.4. The minimum atomic E-state index is -0.233. The van der Waals surface area contributed by atoms with Gasteiger partial charge in [-0.1, -0.05) is 0 Å². The monoisotopic (exact) mass is 383 g/mol. The quantitative estimate of drug-likeness (QED) is 0.810. The number of anilines is 2. The number of nitrogens with zero attached hydrogens (tertiary/aromatic N) is 5. The van der Waals surface area contributed by atoms with Crippen LogP contribution in [0.5, 0.6) is 0 Å². The van der Waals surface area contributed by atoms with Crippen LogP contribution in [0.25, 0.3) is 0 Å². The first-order chi connectivity index (χ1) is 13.6. The van der Waals surface area contributed by atoms with Gasteiger partial charge in [-0.05, 0) is 43.4 Å². The number of hydrogen-bond donors (Lipinski definition) is 0. The second-order valence-electron chi connectivity index (χ2n) is 7.45. The molecule has 1 aromatic heterocycles. The van der Waals surface area contributed by atoms with E-state index >= 15 is 0 Å². The van der Waals surface area contributed by atoms with Crippen LogP contribution in [0.4, 0.5) is 15.8 Å². The van der Waals surface area contributed by atoms with Crippen molar-refractivity contribution in [3.8, 4) is 0 Å². The van der Waals surface area contributed by atoms with E-state index in [2.05, 4.69) is 26.7 Å². The highest BCUT2D eigenvalue weighted by Gasteiger charge is 2.23. The van der Waals surface area contributed by atoms with Crippen LogP contribution in [0, 0.1) is 5.82 Å². The molecule has 2 fully saturated rings. The van der Waals surface area contributed by atoms with Crippen LogP contribution in [0.15, 0.2) is 42.6 Å². The van der Waals surface area contributed by atoms with Gasteiger partial charge in [-0.3, -0.25) is 4.79 Å². The van der Waals surface area contributed by atoms with E-state index in [9.17, 15) is 9.18 Å². The molecule has 0 N–H and O–H groups in total. The fourth-order valence-electron chi connectivity index (χ4n) is 3.75. The number of aromatic nitrogens is 1. The molecule has 1 amide bonds. The molecular weight excluding hydrogens is 357 g/mol. The van der Waals surface area contributed by atoms with Crippen LogP contribution < -0.4 is 9.80 Å². The van der Waals surface area contributed by atoms with E-state index in [1.807, 2.05) is 23.2 Å². The second kappa shape index (κ2) is 8.14. The molecule has 148 valence electrons. The van der Waals surface area contributed by atoms with Gasteiger partial charge in [0.05, 0.1) is 11.9 Å². The van der Waals surface area contributed by atoms with Crippen molar-refractivity contribution in [3.63, 3.8) is 0 Å². The van der Waals surface area contributed by atoms with Gasteiger partial charge in [0.25, 0.3) is 5.91 Å². The van der Waals surface area contributed by atoms with E-state index in [0.717, 1.165) is 50.6 Å². The molecule has 0 bridgehead atoms. The van der Waals surface area contributed by atoms with Crippen molar-refractivity contribution in [1.82, 2.24) is 14.8 Å². The number of hydrogen-bond acceptors (Lipinski definition) is 5. The summed E-state index contributed by atoms with van der Waals surface area (Å²) in [5.74, 6) is -0.257. The summed E-state index contributed by atoms with van der Waals surface area (Å²) >= 11 is 0. The second-order valence-corrected chi connectivity index (χ2v) is 7.45. The van der Waals surface area contributed by atoms with E-state index in [1.54, 1.807) is 12.1 Å². The highest BCUT2D eigenvalue weighted by Crippen LogP contribution is 2.19. The van der Waals surface area contributed by atoms with Gasteiger partial charge in [0.1, 0.15) is 11.5 Å². The summed E-state index contributed by atoms with van der Waals surface area (Å²) in [6.45, 7) is 6.79. The van der Waals surface area contributed by atoms with E-state index in [-0.39, 0.29) is 11.7 Å². The lowest BCUT2D eigenvalue weighted by atomic mass is 10.2. The van der Waals surface area contributed by atoms with E-state index in [0.29, 0.717) is 18.8 Å². The largest absolute Gasteiger partial charge is 0.368 e. The maximum absolute atomic E-state index is 13.1. The molecule has 0 atom stereocenters. The molecule has 28 heavy (non-hydrogen) atoms. The third-order valence-corrected chi connectivity index (χ3v) is 5.59. The fraction of sp³-hybridized carbons (Fsp3) is 0.429. The number of carbonyl (C=O) groups is 1. The Morgan fingerprint density at radius 2 is 1.39 bits per heavy atom. The smallest absolute Gasteiger partial charge is 0.272 e. The molecule has 0 aliphatic carbocycles. The molecule has 0 unspecified atom stereocenters. The van der Waals surface area contributed by atoms with Crippen molar-refractivity contribution in [3.05, 3.63) is 54.1 Å². The highest BCUT2D eigenvalue weighted by molar-refractivity contribution is 5.92. The van der Waals surface area contributed by atoms with Crippen molar-refractivity contribution in [2.24, 2.45) is 0 Å². The van der Waals surface area contributed by atoms with Gasteiger partial charge in [0, 0.05) is 58.0 Å². The Balaban J connectivity index is 1.34. The molecule has 6 nitrogen and oxygen atoms in total. The van der Waals surface area contributed by atoms with Gasteiger partial charge in [0.15, 0.2) is 0 Å². The molecule has 0 radical (unpaired) electrons. The Morgan fingerprint density at radius 1 is 0.821 bits per heavy atom. The Bertz CT molecular complexity index is 795. The molecule has 2 aliphatic rings. The van der Waals surface area contributed by atoms with Crippen molar-refractivity contribution in [2.45, 2.75) is 0 Å². The van der Waals surface area contributed by atoms with Gasteiger partial charge in [-0.25, -0.2) is 9.37 Å². The van der Waals surface area contributed by atoms with Crippen LogP contribution >= 0.6 is 0 Å². The van der Waals surface area contributed by atoms with Crippen molar-refractivity contribution in [1.29, 1.82) is 0 Å². The standard InChI is InChI=1S/C21H26FN5O/c1-24-8-10-26(11-9-24)19-6-7-20(23-16-19)21(28)27-14-12-25(13-15-27)18-4-2-17(22)3-5-18/h2-7,16H,8-15H2,1H3. The van der Waals surface area contributed by atoms with Crippen LogP contribution in [0.1, 0.15) is 10.5 Å². The zero-order valence-electron chi connectivity index (χ0n) is 16.2. The predicted octanol–water partition coefficient (Wildman–Crippen LogP) is 1.93.